The molecule has 0 radical (unpaired) electrons. The van der Waals surface area contributed by atoms with E-state index in [1.54, 1.807) is 0 Å². The Morgan fingerprint density at radius 2 is 1.03 bits per heavy atom. The van der Waals surface area contributed by atoms with Crippen LogP contribution in [0.5, 0.6) is 0 Å². The molecule has 0 fully saturated rings. The molecule has 32 heavy (non-hydrogen) atoms. The average Bonchev–Trinajstić information content (AvgIpc) is 2.80. The standard InChI is InChI=1S/C29H29FN2/c1-6-8-18-31-25-14-10-23(11-15-25)27-20(3)21(4)28(29(30)22(27)5)24-12-16-26(17-13-24)32-19-9-7-2/h10-17,31-32H,18-19H2,1-5H3. The fourth-order valence-electron chi connectivity index (χ4n) is 3.87. The molecule has 0 saturated carbocycles. The molecule has 0 spiro atoms. The van der Waals surface area contributed by atoms with Crippen molar-refractivity contribution >= 4 is 11.4 Å². The summed E-state index contributed by atoms with van der Waals surface area (Å²) in [6.45, 7) is 10.8. The van der Waals surface area contributed by atoms with E-state index in [9.17, 15) is 0 Å². The predicted octanol–water partition coefficient (Wildman–Crippen LogP) is 6.96. The van der Waals surface area contributed by atoms with E-state index >= 15 is 4.39 Å². The Labute approximate surface area is 191 Å². The first-order valence-electron chi connectivity index (χ1n) is 10.7. The molecule has 0 aliphatic rings. The molecule has 2 nitrogen and oxygen atoms in total. The maximum Gasteiger partial charge on any atom is 0.134 e. The highest BCUT2D eigenvalue weighted by Gasteiger charge is 2.19. The number of rotatable bonds is 6. The molecule has 3 aromatic carbocycles. The molecule has 0 unspecified atom stereocenters. The van der Waals surface area contributed by atoms with Crippen LogP contribution in [0, 0.1) is 50.3 Å². The normalized spacial score (nSPS) is 9.94. The molecule has 3 rings (SSSR count). The lowest BCUT2D eigenvalue weighted by Gasteiger charge is -2.19. The van der Waals surface area contributed by atoms with Crippen LogP contribution >= 0.6 is 0 Å². The van der Waals surface area contributed by atoms with E-state index in [1.807, 2.05) is 76.2 Å². The van der Waals surface area contributed by atoms with Crippen molar-refractivity contribution in [2.24, 2.45) is 0 Å². The Balaban J connectivity index is 1.95. The first kappa shape index (κ1) is 23.0. The maximum absolute atomic E-state index is 15.6. The molecule has 3 aromatic rings. The van der Waals surface area contributed by atoms with Crippen LogP contribution < -0.4 is 10.6 Å². The van der Waals surface area contributed by atoms with E-state index in [2.05, 4.69) is 41.2 Å². The molecular formula is C29H29FN2. The van der Waals surface area contributed by atoms with Crippen LogP contribution in [-0.4, -0.2) is 13.1 Å². The zero-order valence-electron chi connectivity index (χ0n) is 19.4. The monoisotopic (exact) mass is 424 g/mol. The van der Waals surface area contributed by atoms with Gasteiger partial charge in [0.25, 0.3) is 0 Å². The van der Waals surface area contributed by atoms with E-state index in [4.69, 9.17) is 0 Å². The molecule has 2 N–H and O–H groups in total. The third-order valence-corrected chi connectivity index (χ3v) is 5.70. The van der Waals surface area contributed by atoms with Gasteiger partial charge in [-0.3, -0.25) is 0 Å². The zero-order valence-corrected chi connectivity index (χ0v) is 19.4. The van der Waals surface area contributed by atoms with Gasteiger partial charge in [0.2, 0.25) is 0 Å². The highest BCUT2D eigenvalue weighted by atomic mass is 19.1. The molecule has 162 valence electrons. The summed E-state index contributed by atoms with van der Waals surface area (Å²) in [4.78, 5) is 0. The summed E-state index contributed by atoms with van der Waals surface area (Å²) in [6, 6.07) is 16.0. The van der Waals surface area contributed by atoms with Crippen LogP contribution in [0.25, 0.3) is 22.3 Å². The Hall–Kier alpha value is -3.69. The van der Waals surface area contributed by atoms with Crippen LogP contribution in [-0.2, 0) is 0 Å². The summed E-state index contributed by atoms with van der Waals surface area (Å²) >= 11 is 0. The second-order valence-electron chi connectivity index (χ2n) is 7.65. The minimum atomic E-state index is -0.166. The van der Waals surface area contributed by atoms with Gasteiger partial charge in [0.05, 0.1) is 13.1 Å². The first-order valence-corrected chi connectivity index (χ1v) is 10.7. The summed E-state index contributed by atoms with van der Waals surface area (Å²) in [6.07, 6.45) is 0. The SMILES string of the molecule is CC#CCNc1ccc(-c2c(C)c(C)c(-c3ccc(NCC#CC)cc3)c(F)c2C)cc1. The summed E-state index contributed by atoms with van der Waals surface area (Å²) < 4.78 is 15.6. The van der Waals surface area contributed by atoms with E-state index in [-0.39, 0.29) is 5.82 Å². The fraction of sp³-hybridized carbons (Fsp3) is 0.241. The van der Waals surface area contributed by atoms with Crippen molar-refractivity contribution in [1.29, 1.82) is 0 Å². The Kier molecular flexibility index (Phi) is 7.58. The van der Waals surface area contributed by atoms with Gasteiger partial charge in [-0.15, -0.1) is 11.8 Å². The molecule has 0 heterocycles. The highest BCUT2D eigenvalue weighted by Crippen LogP contribution is 2.39. The first-order chi connectivity index (χ1) is 15.5. The molecule has 3 heteroatoms. The Bertz CT molecular complexity index is 1090. The summed E-state index contributed by atoms with van der Waals surface area (Å²) in [5, 5.41) is 6.51. The van der Waals surface area contributed by atoms with Gasteiger partial charge in [0, 0.05) is 16.9 Å². The van der Waals surface area contributed by atoms with Crippen molar-refractivity contribution < 1.29 is 4.39 Å². The highest BCUT2D eigenvalue weighted by molar-refractivity contribution is 5.81. The van der Waals surface area contributed by atoms with Gasteiger partial charge in [-0.1, -0.05) is 36.1 Å². The van der Waals surface area contributed by atoms with Gasteiger partial charge in [0.1, 0.15) is 5.82 Å². The van der Waals surface area contributed by atoms with Gasteiger partial charge >= 0.3 is 0 Å². The van der Waals surface area contributed by atoms with Gasteiger partial charge in [0.15, 0.2) is 0 Å². The molecule has 0 amide bonds. The predicted molar refractivity (Wildman–Crippen MR) is 135 cm³/mol. The quantitative estimate of drug-likeness (QED) is 0.418. The van der Waals surface area contributed by atoms with E-state index in [0.717, 1.165) is 39.2 Å². The van der Waals surface area contributed by atoms with Crippen LogP contribution in [0.3, 0.4) is 0 Å². The minimum absolute atomic E-state index is 0.166. The van der Waals surface area contributed by atoms with E-state index < -0.39 is 0 Å². The smallest absolute Gasteiger partial charge is 0.134 e. The number of anilines is 2. The molecule has 0 saturated heterocycles. The lowest BCUT2D eigenvalue weighted by Crippen LogP contribution is -2.02. The molecule has 0 atom stereocenters. The summed E-state index contributed by atoms with van der Waals surface area (Å²) in [5.41, 5.74) is 8.20. The fourth-order valence-corrected chi connectivity index (χ4v) is 3.87. The van der Waals surface area contributed by atoms with E-state index in [1.165, 1.54) is 0 Å². The van der Waals surface area contributed by atoms with Gasteiger partial charge in [-0.25, -0.2) is 4.39 Å². The summed E-state index contributed by atoms with van der Waals surface area (Å²) in [5.74, 6) is 11.5. The number of hydrogen-bond donors (Lipinski definition) is 2. The lowest BCUT2D eigenvalue weighted by atomic mass is 9.86. The van der Waals surface area contributed by atoms with Crippen LogP contribution in [0.1, 0.15) is 30.5 Å². The lowest BCUT2D eigenvalue weighted by molar-refractivity contribution is 0.621. The second-order valence-corrected chi connectivity index (χ2v) is 7.65. The van der Waals surface area contributed by atoms with Crippen molar-refractivity contribution in [3.05, 3.63) is 71.0 Å². The van der Waals surface area contributed by atoms with Crippen LogP contribution in [0.2, 0.25) is 0 Å². The van der Waals surface area contributed by atoms with Crippen molar-refractivity contribution in [3.63, 3.8) is 0 Å². The van der Waals surface area contributed by atoms with Crippen molar-refractivity contribution in [2.75, 3.05) is 23.7 Å². The number of benzene rings is 3. The number of hydrogen-bond acceptors (Lipinski definition) is 2. The van der Waals surface area contributed by atoms with Crippen LogP contribution in [0.15, 0.2) is 48.5 Å². The molecule has 0 aliphatic heterocycles. The van der Waals surface area contributed by atoms with Gasteiger partial charge in [-0.05, 0) is 92.3 Å². The second kappa shape index (κ2) is 10.6. The Morgan fingerprint density at radius 3 is 1.47 bits per heavy atom. The van der Waals surface area contributed by atoms with Crippen molar-refractivity contribution in [1.82, 2.24) is 0 Å². The summed E-state index contributed by atoms with van der Waals surface area (Å²) in [7, 11) is 0. The van der Waals surface area contributed by atoms with Gasteiger partial charge < -0.3 is 10.6 Å². The van der Waals surface area contributed by atoms with Gasteiger partial charge in [-0.2, -0.15) is 0 Å². The molecule has 0 aromatic heterocycles. The Morgan fingerprint density at radius 1 is 0.625 bits per heavy atom. The van der Waals surface area contributed by atoms with Crippen molar-refractivity contribution in [3.8, 4) is 45.9 Å². The third kappa shape index (κ3) is 4.96. The average molecular weight is 425 g/mol. The largest absolute Gasteiger partial charge is 0.374 e. The molecular weight excluding hydrogens is 395 g/mol. The number of nitrogens with one attached hydrogen (secondary N) is 2. The van der Waals surface area contributed by atoms with Crippen molar-refractivity contribution in [2.45, 2.75) is 34.6 Å². The third-order valence-electron chi connectivity index (χ3n) is 5.70. The van der Waals surface area contributed by atoms with E-state index in [0.29, 0.717) is 24.2 Å². The minimum Gasteiger partial charge on any atom is -0.374 e. The maximum atomic E-state index is 15.6. The molecule has 0 aliphatic carbocycles. The molecule has 0 bridgehead atoms. The topological polar surface area (TPSA) is 24.1 Å². The van der Waals surface area contributed by atoms with Crippen LogP contribution in [0.4, 0.5) is 15.8 Å². The zero-order chi connectivity index (χ0) is 23.1. The number of halogens is 1.